The molecule has 4 N–H and O–H groups in total. The number of carbonyl (C=O) groups is 1. The van der Waals surface area contributed by atoms with Crippen LogP contribution in [0.4, 0.5) is 11.8 Å². The van der Waals surface area contributed by atoms with Crippen molar-refractivity contribution in [1.29, 1.82) is 0 Å². The number of aromatic nitrogens is 4. The Morgan fingerprint density at radius 1 is 1.17 bits per heavy atom. The lowest BCUT2D eigenvalue weighted by atomic mass is 10.2. The second kappa shape index (κ2) is 10.2. The number of nitrogens with two attached hydrogens (primary N) is 1. The van der Waals surface area contributed by atoms with Crippen LogP contribution >= 0.6 is 0 Å². The standard InChI is InChI=1S/C23H29N9O3/c1-34-19-17(35-12-2-8-31-9-5-25-6-10-31)4-3-16-18(19)29-23(32-11-7-26-20(16)32)30-21(33)15-13-27-22(24)28-14-15/h3-4,13-14,25-26H,2,5-12H2,1H3,(H2,24,27,28). The molecule has 2 aliphatic heterocycles. The van der Waals surface area contributed by atoms with Crippen molar-refractivity contribution >= 4 is 28.6 Å². The van der Waals surface area contributed by atoms with Crippen LogP contribution in [0.25, 0.3) is 10.9 Å². The highest BCUT2D eigenvalue weighted by Crippen LogP contribution is 2.37. The summed E-state index contributed by atoms with van der Waals surface area (Å²) in [6, 6.07) is 3.86. The SMILES string of the molecule is COc1c(OCCCN2CCNCC2)ccc2c3n(c(=NC(=O)c4cnc(N)nc4)nc12)CCN3. The third-order valence-electron chi connectivity index (χ3n) is 6.11. The van der Waals surface area contributed by atoms with Gasteiger partial charge in [-0.25, -0.2) is 15.0 Å². The molecule has 1 fully saturated rings. The van der Waals surface area contributed by atoms with E-state index in [9.17, 15) is 4.79 Å². The van der Waals surface area contributed by atoms with Crippen molar-refractivity contribution in [2.24, 2.45) is 4.99 Å². The molecular weight excluding hydrogens is 450 g/mol. The Morgan fingerprint density at radius 3 is 2.74 bits per heavy atom. The highest BCUT2D eigenvalue weighted by atomic mass is 16.5. The summed E-state index contributed by atoms with van der Waals surface area (Å²) in [5.41, 5.74) is 6.60. The van der Waals surface area contributed by atoms with Crippen molar-refractivity contribution in [3.8, 4) is 11.5 Å². The predicted octanol–water partition coefficient (Wildman–Crippen LogP) is 0.258. The summed E-state index contributed by atoms with van der Waals surface area (Å²) < 4.78 is 13.7. The van der Waals surface area contributed by atoms with Gasteiger partial charge < -0.3 is 30.7 Å². The van der Waals surface area contributed by atoms with Crippen LogP contribution < -0.4 is 31.5 Å². The number of hydrogen-bond donors (Lipinski definition) is 3. The Labute approximate surface area is 202 Å². The molecule has 4 heterocycles. The van der Waals surface area contributed by atoms with Gasteiger partial charge in [0.2, 0.25) is 11.6 Å². The molecule has 0 spiro atoms. The molecule has 0 bridgehead atoms. The molecule has 3 aromatic rings. The minimum Gasteiger partial charge on any atom is -0.491 e. The summed E-state index contributed by atoms with van der Waals surface area (Å²) in [5.74, 6) is 1.55. The van der Waals surface area contributed by atoms with E-state index in [2.05, 4.69) is 30.5 Å². The molecule has 1 amide bonds. The zero-order valence-electron chi connectivity index (χ0n) is 19.7. The van der Waals surface area contributed by atoms with E-state index >= 15 is 0 Å². The van der Waals surface area contributed by atoms with E-state index in [1.54, 1.807) is 7.11 Å². The molecule has 0 unspecified atom stereocenters. The lowest BCUT2D eigenvalue weighted by Crippen LogP contribution is -2.43. The summed E-state index contributed by atoms with van der Waals surface area (Å²) in [4.78, 5) is 31.9. The fraction of sp³-hybridized carbons (Fsp3) is 0.435. The number of nitrogens with zero attached hydrogens (tertiary/aromatic N) is 6. The van der Waals surface area contributed by atoms with Gasteiger partial charge in [-0.05, 0) is 18.6 Å². The molecule has 0 aliphatic carbocycles. The van der Waals surface area contributed by atoms with E-state index in [1.165, 1.54) is 12.4 Å². The molecule has 184 valence electrons. The average molecular weight is 480 g/mol. The molecular formula is C23H29N9O3. The monoisotopic (exact) mass is 479 g/mol. The maximum Gasteiger partial charge on any atom is 0.283 e. The van der Waals surface area contributed by atoms with Crippen molar-refractivity contribution in [2.75, 3.05) is 64.0 Å². The Kier molecular flexibility index (Phi) is 6.73. The number of nitrogens with one attached hydrogen (secondary N) is 2. The number of ether oxygens (including phenoxy) is 2. The molecule has 12 nitrogen and oxygen atoms in total. The molecule has 2 aromatic heterocycles. The second-order valence-corrected chi connectivity index (χ2v) is 8.37. The number of nitrogen functional groups attached to an aromatic ring is 1. The van der Waals surface area contributed by atoms with E-state index in [4.69, 9.17) is 20.2 Å². The number of carbonyl (C=O) groups excluding carboxylic acids is 1. The Bertz CT molecular complexity index is 1280. The van der Waals surface area contributed by atoms with Crippen molar-refractivity contribution in [2.45, 2.75) is 13.0 Å². The van der Waals surface area contributed by atoms with Gasteiger partial charge >= 0.3 is 0 Å². The van der Waals surface area contributed by atoms with Crippen LogP contribution in [0, 0.1) is 0 Å². The van der Waals surface area contributed by atoms with Crippen molar-refractivity contribution in [3.05, 3.63) is 35.7 Å². The minimum absolute atomic E-state index is 0.0926. The largest absolute Gasteiger partial charge is 0.491 e. The summed E-state index contributed by atoms with van der Waals surface area (Å²) in [6.07, 6.45) is 3.62. The third kappa shape index (κ3) is 4.88. The molecule has 1 saturated heterocycles. The maximum atomic E-state index is 12.8. The molecule has 12 heteroatoms. The first-order chi connectivity index (χ1) is 17.1. The van der Waals surface area contributed by atoms with Gasteiger partial charge in [0, 0.05) is 63.6 Å². The van der Waals surface area contributed by atoms with Crippen LogP contribution in [0.5, 0.6) is 11.5 Å². The zero-order chi connectivity index (χ0) is 24.2. The number of methoxy groups -OCH3 is 1. The van der Waals surface area contributed by atoms with Gasteiger partial charge in [0.05, 0.1) is 19.3 Å². The summed E-state index contributed by atoms with van der Waals surface area (Å²) in [7, 11) is 1.59. The van der Waals surface area contributed by atoms with Crippen LogP contribution in [0.2, 0.25) is 0 Å². The van der Waals surface area contributed by atoms with Crippen LogP contribution in [0.1, 0.15) is 16.8 Å². The summed E-state index contributed by atoms with van der Waals surface area (Å²) in [5, 5.41) is 7.60. The predicted molar refractivity (Wildman–Crippen MR) is 131 cm³/mol. The quantitative estimate of drug-likeness (QED) is 0.403. The van der Waals surface area contributed by atoms with Gasteiger partial charge in [0.25, 0.3) is 5.91 Å². The molecule has 0 radical (unpaired) electrons. The first kappa shape index (κ1) is 23.0. The van der Waals surface area contributed by atoms with E-state index in [1.807, 2.05) is 16.7 Å². The Morgan fingerprint density at radius 2 is 1.97 bits per heavy atom. The van der Waals surface area contributed by atoms with Crippen LogP contribution in [0.3, 0.4) is 0 Å². The first-order valence-electron chi connectivity index (χ1n) is 11.7. The van der Waals surface area contributed by atoms with Gasteiger partial charge in [-0.15, -0.1) is 0 Å². The van der Waals surface area contributed by atoms with E-state index in [0.29, 0.717) is 36.7 Å². The minimum atomic E-state index is -0.502. The lowest BCUT2D eigenvalue weighted by molar-refractivity contribution is 0.0996. The molecule has 35 heavy (non-hydrogen) atoms. The fourth-order valence-corrected chi connectivity index (χ4v) is 4.35. The smallest absolute Gasteiger partial charge is 0.283 e. The molecule has 5 rings (SSSR count). The topological polar surface area (TPSA) is 145 Å². The summed E-state index contributed by atoms with van der Waals surface area (Å²) >= 11 is 0. The highest BCUT2D eigenvalue weighted by Gasteiger charge is 2.21. The molecule has 2 aliphatic rings. The molecule has 0 saturated carbocycles. The molecule has 0 atom stereocenters. The molecule has 1 aromatic carbocycles. The fourth-order valence-electron chi connectivity index (χ4n) is 4.35. The number of fused-ring (bicyclic) bond motifs is 3. The van der Waals surface area contributed by atoms with Gasteiger partial charge in [0.1, 0.15) is 11.3 Å². The van der Waals surface area contributed by atoms with Gasteiger partial charge in [-0.3, -0.25) is 9.36 Å². The van der Waals surface area contributed by atoms with E-state index < -0.39 is 5.91 Å². The van der Waals surface area contributed by atoms with Gasteiger partial charge in [-0.1, -0.05) is 0 Å². The first-order valence-corrected chi connectivity index (χ1v) is 11.7. The number of amides is 1. The van der Waals surface area contributed by atoms with Gasteiger partial charge in [0.15, 0.2) is 11.5 Å². The van der Waals surface area contributed by atoms with Crippen LogP contribution in [-0.4, -0.2) is 83.3 Å². The average Bonchev–Trinajstić information content (AvgIpc) is 3.38. The number of rotatable bonds is 7. The van der Waals surface area contributed by atoms with Crippen molar-refractivity contribution in [3.63, 3.8) is 0 Å². The van der Waals surface area contributed by atoms with Crippen LogP contribution in [0.15, 0.2) is 29.5 Å². The van der Waals surface area contributed by atoms with Crippen molar-refractivity contribution < 1.29 is 14.3 Å². The van der Waals surface area contributed by atoms with Crippen molar-refractivity contribution in [1.82, 2.24) is 29.7 Å². The van der Waals surface area contributed by atoms with E-state index in [-0.39, 0.29) is 17.1 Å². The third-order valence-corrected chi connectivity index (χ3v) is 6.11. The van der Waals surface area contributed by atoms with Gasteiger partial charge in [-0.2, -0.15) is 4.99 Å². The second-order valence-electron chi connectivity index (χ2n) is 8.37. The summed E-state index contributed by atoms with van der Waals surface area (Å²) in [6.45, 7) is 7.08. The lowest BCUT2D eigenvalue weighted by Gasteiger charge is -2.27. The number of hydrogen-bond acceptors (Lipinski definition) is 10. The number of benzene rings is 1. The number of piperazine rings is 1. The maximum absolute atomic E-state index is 12.8. The normalized spacial score (nSPS) is 16.2. The number of anilines is 2. The van der Waals surface area contributed by atoms with E-state index in [0.717, 1.165) is 50.3 Å². The highest BCUT2D eigenvalue weighted by molar-refractivity contribution is 5.96. The zero-order valence-corrected chi connectivity index (χ0v) is 19.7. The Balaban J connectivity index is 1.44. The Hall–Kier alpha value is -3.77. The van der Waals surface area contributed by atoms with Crippen LogP contribution in [-0.2, 0) is 6.54 Å².